The summed E-state index contributed by atoms with van der Waals surface area (Å²) >= 11 is 3.80. The number of anilines is 1. The fourth-order valence-corrected chi connectivity index (χ4v) is 10.7. The number of aromatic nitrogens is 3. The number of rotatable bonds is 20. The second-order valence-electron chi connectivity index (χ2n) is 20.4. The molecule has 2 aromatic carbocycles. The zero-order chi connectivity index (χ0) is 42.1. The first-order chi connectivity index (χ1) is 26.7. The molecule has 57 heavy (non-hydrogen) atoms. The van der Waals surface area contributed by atoms with Crippen LogP contribution in [0.2, 0.25) is 0 Å². The molecule has 2 unspecified atom stereocenters. The topological polar surface area (TPSA) is 99.4 Å². The van der Waals surface area contributed by atoms with Gasteiger partial charge in [-0.2, -0.15) is 4.99 Å². The molecule has 2 atom stereocenters. The Labute approximate surface area is 355 Å². The van der Waals surface area contributed by atoms with Crippen LogP contribution in [-0.4, -0.2) is 41.8 Å². The third-order valence-corrected chi connectivity index (χ3v) is 13.6. The fraction of sp³-hybridized carbons (Fsp3) is 0.723. The van der Waals surface area contributed by atoms with Gasteiger partial charge in [0.15, 0.2) is 5.17 Å². The average Bonchev–Trinajstić information content (AvgIpc) is 3.55. The molecule has 0 fully saturated rings. The van der Waals surface area contributed by atoms with Crippen molar-refractivity contribution < 1.29 is 5.11 Å². The molecule has 0 radical (unpaired) electrons. The Morgan fingerprint density at radius 3 is 1.68 bits per heavy atom. The lowest BCUT2D eigenvalue weighted by Gasteiger charge is -2.55. The number of amidine groups is 1. The van der Waals surface area contributed by atoms with E-state index in [4.69, 9.17) is 15.2 Å². The highest BCUT2D eigenvalue weighted by atomic mass is 32.2. The molecular formula is C47H79N7OS2. The van der Waals surface area contributed by atoms with Gasteiger partial charge in [-0.1, -0.05) is 178 Å². The molecule has 3 aromatic rings. The van der Waals surface area contributed by atoms with Crippen LogP contribution >= 0.6 is 23.5 Å². The van der Waals surface area contributed by atoms with Crippen molar-refractivity contribution in [1.82, 2.24) is 25.6 Å². The van der Waals surface area contributed by atoms with Crippen LogP contribution in [0.5, 0.6) is 5.75 Å². The smallest absolute Gasteiger partial charge is 0.309 e. The SMILES string of the molecule is CCCCCCCCSC1=NC(Nc2cc(C(C)(C)C)c(O)c(C(C)(C)C)c2)(n2nc3ccccc3n2)NC(SCCCCCCCC)(C(C)(C)CC(C)(C)C)N1. The van der Waals surface area contributed by atoms with Crippen molar-refractivity contribution in [1.29, 1.82) is 0 Å². The molecule has 1 aromatic heterocycles. The van der Waals surface area contributed by atoms with Crippen molar-refractivity contribution >= 4 is 45.4 Å². The van der Waals surface area contributed by atoms with Gasteiger partial charge < -0.3 is 15.7 Å². The zero-order valence-electron chi connectivity index (χ0n) is 38.1. The van der Waals surface area contributed by atoms with Gasteiger partial charge in [-0.25, -0.2) is 5.32 Å². The van der Waals surface area contributed by atoms with E-state index < -0.39 is 10.9 Å². The number of nitrogens with zero attached hydrogens (tertiary/aromatic N) is 4. The highest BCUT2D eigenvalue weighted by Crippen LogP contribution is 2.50. The number of hydrogen-bond donors (Lipinski definition) is 4. The molecule has 0 aliphatic carbocycles. The van der Waals surface area contributed by atoms with Crippen molar-refractivity contribution in [2.24, 2.45) is 15.8 Å². The van der Waals surface area contributed by atoms with Crippen LogP contribution in [-0.2, 0) is 16.7 Å². The molecule has 4 rings (SSSR count). The van der Waals surface area contributed by atoms with E-state index in [9.17, 15) is 5.11 Å². The lowest BCUT2D eigenvalue weighted by Crippen LogP contribution is -2.75. The molecular weight excluding hydrogens is 743 g/mol. The Hall–Kier alpha value is -2.43. The van der Waals surface area contributed by atoms with E-state index in [1.54, 1.807) is 4.80 Å². The van der Waals surface area contributed by atoms with Gasteiger partial charge in [-0.15, -0.1) is 26.8 Å². The largest absolute Gasteiger partial charge is 0.507 e. The second kappa shape index (κ2) is 19.8. The minimum absolute atomic E-state index is 0.0653. The van der Waals surface area contributed by atoms with E-state index in [1.165, 1.54) is 64.2 Å². The third kappa shape index (κ3) is 12.8. The number of aromatic hydroxyl groups is 1. The molecule has 320 valence electrons. The number of unbranched alkanes of at least 4 members (excludes halogenated alkanes) is 10. The predicted octanol–water partition coefficient (Wildman–Crippen LogP) is 13.3. The zero-order valence-corrected chi connectivity index (χ0v) is 39.8. The van der Waals surface area contributed by atoms with Crippen LogP contribution in [0.15, 0.2) is 41.4 Å². The number of aliphatic imine (C=N–C) groups is 1. The first kappa shape index (κ1) is 47.3. The maximum Gasteiger partial charge on any atom is 0.309 e. The summed E-state index contributed by atoms with van der Waals surface area (Å²) in [6, 6.07) is 12.3. The molecule has 4 N–H and O–H groups in total. The number of phenols is 1. The predicted molar refractivity (Wildman–Crippen MR) is 251 cm³/mol. The third-order valence-electron chi connectivity index (χ3n) is 11.0. The lowest BCUT2D eigenvalue weighted by molar-refractivity contribution is 0.0563. The highest BCUT2D eigenvalue weighted by Gasteiger charge is 2.56. The fourth-order valence-electron chi connectivity index (χ4n) is 8.17. The van der Waals surface area contributed by atoms with E-state index in [1.807, 2.05) is 47.8 Å². The monoisotopic (exact) mass is 822 g/mol. The number of fused-ring (bicyclic) bond motifs is 1. The van der Waals surface area contributed by atoms with Crippen LogP contribution in [0.3, 0.4) is 0 Å². The minimum atomic E-state index is -1.31. The number of nitrogens with one attached hydrogen (secondary N) is 3. The van der Waals surface area contributed by atoms with Gasteiger partial charge in [0.2, 0.25) is 0 Å². The van der Waals surface area contributed by atoms with E-state index in [0.29, 0.717) is 5.75 Å². The minimum Gasteiger partial charge on any atom is -0.507 e. The molecule has 1 aliphatic heterocycles. The van der Waals surface area contributed by atoms with Crippen molar-refractivity contribution in [3.05, 3.63) is 47.5 Å². The van der Waals surface area contributed by atoms with Crippen LogP contribution in [0, 0.1) is 10.8 Å². The summed E-state index contributed by atoms with van der Waals surface area (Å²) in [5.41, 5.74) is 3.45. The Bertz CT molecular complexity index is 1680. The number of benzene rings is 2. The summed E-state index contributed by atoms with van der Waals surface area (Å²) in [4.78, 5) is 6.74. The first-order valence-electron chi connectivity index (χ1n) is 22.1. The summed E-state index contributed by atoms with van der Waals surface area (Å²) in [6.07, 6.45) is 16.0. The van der Waals surface area contributed by atoms with E-state index >= 15 is 0 Å². The number of thioether (sulfide) groups is 2. The maximum absolute atomic E-state index is 11.8. The molecule has 0 bridgehead atoms. The highest BCUT2D eigenvalue weighted by molar-refractivity contribution is 8.13. The van der Waals surface area contributed by atoms with Gasteiger partial charge in [-0.05, 0) is 65.5 Å². The molecule has 8 nitrogen and oxygen atoms in total. The first-order valence-corrected chi connectivity index (χ1v) is 24.1. The average molecular weight is 822 g/mol. The molecule has 0 saturated carbocycles. The molecule has 1 aliphatic rings. The van der Waals surface area contributed by atoms with Gasteiger partial charge in [0.05, 0.1) is 0 Å². The van der Waals surface area contributed by atoms with Crippen LogP contribution in [0.25, 0.3) is 11.0 Å². The van der Waals surface area contributed by atoms with E-state index in [2.05, 4.69) is 118 Å². The number of hydrogen-bond acceptors (Lipinski definition) is 9. The normalized spacial score (nSPS) is 19.5. The van der Waals surface area contributed by atoms with Gasteiger partial charge >= 0.3 is 5.91 Å². The van der Waals surface area contributed by atoms with E-state index in [-0.39, 0.29) is 21.7 Å². The van der Waals surface area contributed by atoms with Crippen molar-refractivity contribution in [3.8, 4) is 5.75 Å². The standard InChI is InChI=1S/C47H79N7OS2/c1-14-16-18-20-22-26-30-56-41-49-46(45(12,13)34-42(3,4)5,57-31-27-23-21-19-17-15-2)53-47(50-41,54-51-38-28-24-25-29-39(38)52-54)48-35-32-36(43(6,7)8)40(55)37(33-35)44(9,10)11/h24-25,28-29,32-33,48,53,55H,14-23,26-27,30-31,34H2,1-13H3,(H,49,50). The Kier molecular flexibility index (Phi) is 16.4. The maximum atomic E-state index is 11.8. The van der Waals surface area contributed by atoms with Gasteiger partial charge in [-0.3, -0.25) is 0 Å². The quantitative estimate of drug-likeness (QED) is 0.0661. The second-order valence-corrected chi connectivity index (χ2v) is 22.8. The molecule has 0 spiro atoms. The summed E-state index contributed by atoms with van der Waals surface area (Å²) < 4.78 is 0. The Morgan fingerprint density at radius 1 is 0.702 bits per heavy atom. The van der Waals surface area contributed by atoms with Crippen molar-refractivity contribution in [3.63, 3.8) is 0 Å². The van der Waals surface area contributed by atoms with Crippen LogP contribution in [0.1, 0.15) is 185 Å². The molecule has 10 heteroatoms. The molecule has 0 amide bonds. The van der Waals surface area contributed by atoms with Crippen LogP contribution in [0.4, 0.5) is 5.69 Å². The van der Waals surface area contributed by atoms with Gasteiger partial charge in [0, 0.05) is 28.0 Å². The van der Waals surface area contributed by atoms with Crippen LogP contribution < -0.4 is 16.0 Å². The van der Waals surface area contributed by atoms with Gasteiger partial charge in [0.1, 0.15) is 21.8 Å². The van der Waals surface area contributed by atoms with Gasteiger partial charge in [0.25, 0.3) is 0 Å². The summed E-state index contributed by atoms with van der Waals surface area (Å²) in [5, 5.41) is 35.2. The summed E-state index contributed by atoms with van der Waals surface area (Å²) in [5.74, 6) is 1.02. The van der Waals surface area contributed by atoms with E-state index in [0.717, 1.165) is 63.8 Å². The molecule has 0 saturated heterocycles. The summed E-state index contributed by atoms with van der Waals surface area (Å²) in [6.45, 7) is 29.4. The van der Waals surface area contributed by atoms with Crippen molar-refractivity contribution in [2.75, 3.05) is 16.8 Å². The molecule has 2 heterocycles. The number of phenolic OH excluding ortho intramolecular Hbond substituents is 1. The lowest BCUT2D eigenvalue weighted by atomic mass is 9.73. The summed E-state index contributed by atoms with van der Waals surface area (Å²) in [7, 11) is 0. The Morgan fingerprint density at radius 2 is 1.19 bits per heavy atom. The Balaban J connectivity index is 1.94. The van der Waals surface area contributed by atoms with Crippen molar-refractivity contribution in [2.45, 2.75) is 195 Å².